The molecule has 5 heteroatoms. The Balaban J connectivity index is 1.65. The van der Waals surface area contributed by atoms with Gasteiger partial charge in [-0.15, -0.1) is 0 Å². The van der Waals surface area contributed by atoms with Crippen molar-refractivity contribution in [3.8, 4) is 0 Å². The standard InChI is InChI=1S/C20H32N4O/c1-3-17-8-7-11-24(16-17)20(25)21-18-9-5-6-10-19(18)23-14-12-22(4-2)13-15-23/h5-6,9-10,17H,3-4,7-8,11-16H2,1-2H3,(H,21,25). The Kier molecular flexibility index (Phi) is 6.19. The first-order valence-corrected chi connectivity index (χ1v) is 9.83. The van der Waals surface area contributed by atoms with E-state index in [0.717, 1.165) is 70.0 Å². The third kappa shape index (κ3) is 4.46. The first-order valence-electron chi connectivity index (χ1n) is 9.83. The number of urea groups is 1. The highest BCUT2D eigenvalue weighted by Crippen LogP contribution is 2.27. The Morgan fingerprint density at radius 1 is 1.12 bits per heavy atom. The number of para-hydroxylation sites is 2. The molecular formula is C20H32N4O. The quantitative estimate of drug-likeness (QED) is 0.909. The highest BCUT2D eigenvalue weighted by molar-refractivity contribution is 5.93. The second-order valence-corrected chi connectivity index (χ2v) is 7.23. The van der Waals surface area contributed by atoms with E-state index in [1.165, 1.54) is 6.42 Å². The summed E-state index contributed by atoms with van der Waals surface area (Å²) in [5.41, 5.74) is 2.09. The monoisotopic (exact) mass is 344 g/mol. The molecule has 2 fully saturated rings. The molecule has 2 saturated heterocycles. The normalized spacial score (nSPS) is 22.1. The lowest BCUT2D eigenvalue weighted by atomic mass is 9.96. The Labute approximate surface area is 152 Å². The average molecular weight is 345 g/mol. The van der Waals surface area contributed by atoms with Crippen molar-refractivity contribution in [3.05, 3.63) is 24.3 Å². The lowest BCUT2D eigenvalue weighted by Crippen LogP contribution is -2.46. The number of piperazine rings is 1. The van der Waals surface area contributed by atoms with E-state index in [-0.39, 0.29) is 6.03 Å². The van der Waals surface area contributed by atoms with Gasteiger partial charge in [0.15, 0.2) is 0 Å². The molecular weight excluding hydrogens is 312 g/mol. The van der Waals surface area contributed by atoms with Gasteiger partial charge in [0.2, 0.25) is 0 Å². The molecule has 2 heterocycles. The highest BCUT2D eigenvalue weighted by atomic mass is 16.2. The molecule has 5 nitrogen and oxygen atoms in total. The molecule has 2 aliphatic rings. The van der Waals surface area contributed by atoms with Crippen molar-refractivity contribution in [2.45, 2.75) is 33.1 Å². The van der Waals surface area contributed by atoms with Gasteiger partial charge in [0.25, 0.3) is 0 Å². The maximum atomic E-state index is 12.8. The molecule has 2 amide bonds. The second-order valence-electron chi connectivity index (χ2n) is 7.23. The first kappa shape index (κ1) is 18.1. The number of nitrogens with zero attached hydrogens (tertiary/aromatic N) is 3. The number of rotatable bonds is 4. The van der Waals surface area contributed by atoms with Gasteiger partial charge in [0.1, 0.15) is 0 Å². The fraction of sp³-hybridized carbons (Fsp3) is 0.650. The van der Waals surface area contributed by atoms with Crippen LogP contribution in [0.2, 0.25) is 0 Å². The zero-order chi connectivity index (χ0) is 17.6. The van der Waals surface area contributed by atoms with Crippen molar-refractivity contribution >= 4 is 17.4 Å². The molecule has 0 saturated carbocycles. The molecule has 1 N–H and O–H groups in total. The number of hydrogen-bond donors (Lipinski definition) is 1. The summed E-state index contributed by atoms with van der Waals surface area (Å²) in [5, 5.41) is 3.18. The van der Waals surface area contributed by atoms with Crippen LogP contribution >= 0.6 is 0 Å². The molecule has 1 unspecified atom stereocenters. The molecule has 3 rings (SSSR count). The van der Waals surface area contributed by atoms with Crippen LogP contribution < -0.4 is 10.2 Å². The molecule has 0 aliphatic carbocycles. The number of amides is 2. The average Bonchev–Trinajstić information content (AvgIpc) is 2.68. The minimum Gasteiger partial charge on any atom is -0.367 e. The van der Waals surface area contributed by atoms with Crippen LogP contribution in [0.25, 0.3) is 0 Å². The van der Waals surface area contributed by atoms with Crippen LogP contribution in [0.3, 0.4) is 0 Å². The predicted molar refractivity (Wildman–Crippen MR) is 104 cm³/mol. The Bertz CT molecular complexity index is 569. The van der Waals surface area contributed by atoms with Gasteiger partial charge in [0.05, 0.1) is 11.4 Å². The topological polar surface area (TPSA) is 38.8 Å². The van der Waals surface area contributed by atoms with Crippen LogP contribution in [0.4, 0.5) is 16.2 Å². The largest absolute Gasteiger partial charge is 0.367 e. The maximum Gasteiger partial charge on any atom is 0.321 e. The molecule has 1 aromatic carbocycles. The van der Waals surface area contributed by atoms with Crippen molar-refractivity contribution in [1.29, 1.82) is 0 Å². The summed E-state index contributed by atoms with van der Waals surface area (Å²) in [6.07, 6.45) is 3.52. The molecule has 2 aliphatic heterocycles. The lowest BCUT2D eigenvalue weighted by Gasteiger charge is -2.37. The van der Waals surface area contributed by atoms with E-state index in [4.69, 9.17) is 0 Å². The number of hydrogen-bond acceptors (Lipinski definition) is 3. The Hall–Kier alpha value is -1.75. The second kappa shape index (κ2) is 8.56. The molecule has 1 atom stereocenters. The first-order chi connectivity index (χ1) is 12.2. The third-order valence-corrected chi connectivity index (χ3v) is 5.69. The van der Waals surface area contributed by atoms with Crippen LogP contribution in [-0.2, 0) is 0 Å². The summed E-state index contributed by atoms with van der Waals surface area (Å²) in [6, 6.07) is 8.28. The van der Waals surface area contributed by atoms with Gasteiger partial charge >= 0.3 is 6.03 Å². The highest BCUT2D eigenvalue weighted by Gasteiger charge is 2.24. The van der Waals surface area contributed by atoms with Gasteiger partial charge in [-0.25, -0.2) is 4.79 Å². The number of likely N-dealkylation sites (tertiary alicyclic amines) is 1. The third-order valence-electron chi connectivity index (χ3n) is 5.69. The number of carbonyl (C=O) groups is 1. The van der Waals surface area contributed by atoms with E-state index >= 15 is 0 Å². The summed E-state index contributed by atoms with van der Waals surface area (Å²) >= 11 is 0. The summed E-state index contributed by atoms with van der Waals surface area (Å²) in [5.74, 6) is 0.650. The minimum atomic E-state index is 0.0535. The fourth-order valence-electron chi connectivity index (χ4n) is 3.94. The van der Waals surface area contributed by atoms with Gasteiger partial charge < -0.3 is 20.0 Å². The Morgan fingerprint density at radius 2 is 1.88 bits per heavy atom. The van der Waals surface area contributed by atoms with Crippen LogP contribution in [-0.4, -0.2) is 61.6 Å². The summed E-state index contributed by atoms with van der Waals surface area (Å²) in [4.78, 5) is 19.6. The van der Waals surface area contributed by atoms with Crippen LogP contribution in [0, 0.1) is 5.92 Å². The van der Waals surface area contributed by atoms with Crippen molar-refractivity contribution in [2.24, 2.45) is 5.92 Å². The SMILES string of the molecule is CCC1CCCN(C(=O)Nc2ccccc2N2CCN(CC)CC2)C1. The molecule has 0 spiro atoms. The van der Waals surface area contributed by atoms with Gasteiger partial charge in [0, 0.05) is 39.3 Å². The van der Waals surface area contributed by atoms with Crippen LogP contribution in [0.15, 0.2) is 24.3 Å². The van der Waals surface area contributed by atoms with Crippen molar-refractivity contribution in [1.82, 2.24) is 9.80 Å². The zero-order valence-corrected chi connectivity index (χ0v) is 15.7. The van der Waals surface area contributed by atoms with Gasteiger partial charge in [-0.05, 0) is 37.4 Å². The number of benzene rings is 1. The Morgan fingerprint density at radius 3 is 2.60 bits per heavy atom. The van der Waals surface area contributed by atoms with Gasteiger partial charge in [-0.1, -0.05) is 32.4 Å². The van der Waals surface area contributed by atoms with Gasteiger partial charge in [-0.3, -0.25) is 0 Å². The molecule has 1 aromatic rings. The number of nitrogens with one attached hydrogen (secondary N) is 1. The fourth-order valence-corrected chi connectivity index (χ4v) is 3.94. The van der Waals surface area contributed by atoms with E-state index in [0.29, 0.717) is 5.92 Å². The van der Waals surface area contributed by atoms with E-state index in [2.05, 4.69) is 41.1 Å². The minimum absolute atomic E-state index is 0.0535. The molecule has 25 heavy (non-hydrogen) atoms. The number of anilines is 2. The van der Waals surface area contributed by atoms with Crippen molar-refractivity contribution < 1.29 is 4.79 Å². The summed E-state index contributed by atoms with van der Waals surface area (Å²) in [7, 11) is 0. The molecule has 0 radical (unpaired) electrons. The van der Waals surface area contributed by atoms with E-state index in [1.807, 2.05) is 17.0 Å². The van der Waals surface area contributed by atoms with E-state index in [9.17, 15) is 4.79 Å². The van der Waals surface area contributed by atoms with E-state index in [1.54, 1.807) is 0 Å². The van der Waals surface area contributed by atoms with E-state index < -0.39 is 0 Å². The number of carbonyl (C=O) groups excluding carboxylic acids is 1. The van der Waals surface area contributed by atoms with Gasteiger partial charge in [-0.2, -0.15) is 0 Å². The number of piperidine rings is 1. The summed E-state index contributed by atoms with van der Waals surface area (Å²) < 4.78 is 0. The molecule has 0 aromatic heterocycles. The summed E-state index contributed by atoms with van der Waals surface area (Å²) in [6.45, 7) is 11.5. The van der Waals surface area contributed by atoms with Crippen LogP contribution in [0.5, 0.6) is 0 Å². The molecule has 138 valence electrons. The molecule has 0 bridgehead atoms. The lowest BCUT2D eigenvalue weighted by molar-refractivity contribution is 0.176. The zero-order valence-electron chi connectivity index (χ0n) is 15.7. The predicted octanol–water partition coefficient (Wildman–Crippen LogP) is 3.48. The van der Waals surface area contributed by atoms with Crippen molar-refractivity contribution in [3.63, 3.8) is 0 Å². The maximum absolute atomic E-state index is 12.8. The van der Waals surface area contributed by atoms with Crippen molar-refractivity contribution in [2.75, 3.05) is 56.0 Å². The van der Waals surface area contributed by atoms with Crippen LogP contribution in [0.1, 0.15) is 33.1 Å². The number of likely N-dealkylation sites (N-methyl/N-ethyl adjacent to an activating group) is 1. The smallest absolute Gasteiger partial charge is 0.321 e.